The zero-order valence-electron chi connectivity index (χ0n) is 8.25. The van der Waals surface area contributed by atoms with Crippen LogP contribution in [0.15, 0.2) is 12.1 Å². The summed E-state index contributed by atoms with van der Waals surface area (Å²) in [6.07, 6.45) is 8.05. The van der Waals surface area contributed by atoms with Crippen LogP contribution in [0.4, 0.5) is 0 Å². The molecule has 0 unspecified atom stereocenters. The molecule has 1 aromatic heterocycles. The Hall–Kier alpha value is -1.16. The molecule has 1 nitrogen and oxygen atoms in total. The normalized spacial score (nSPS) is 16.2. The minimum absolute atomic E-state index is 0.572. The molecular weight excluding hydrogens is 158 g/mol. The van der Waals surface area contributed by atoms with Gasteiger partial charge in [-0.05, 0) is 30.9 Å². The zero-order chi connectivity index (χ0) is 9.42. The molecule has 13 heavy (non-hydrogen) atoms. The predicted octanol–water partition coefficient (Wildman–Crippen LogP) is 2.93. The summed E-state index contributed by atoms with van der Waals surface area (Å²) >= 11 is 0. The third kappa shape index (κ3) is 1.37. The molecule has 0 aromatic carbocycles. The van der Waals surface area contributed by atoms with E-state index in [0.717, 1.165) is 5.69 Å². The lowest BCUT2D eigenvalue weighted by atomic mass is 10.1. The SMILES string of the molecule is C#Cc1ccc(C(C)C)n1C1CC1. The maximum atomic E-state index is 5.46. The molecule has 68 valence electrons. The standard InChI is InChI=1S/C12H15N/c1-4-10-7-8-12(9(2)3)13(10)11-5-6-11/h1,7-9,11H,5-6H2,2-3H3. The lowest BCUT2D eigenvalue weighted by molar-refractivity contribution is 0.653. The summed E-state index contributed by atoms with van der Waals surface area (Å²) in [5.41, 5.74) is 2.43. The second-order valence-electron chi connectivity index (χ2n) is 4.04. The summed E-state index contributed by atoms with van der Waals surface area (Å²) in [5, 5.41) is 0. The first-order valence-electron chi connectivity index (χ1n) is 4.91. The predicted molar refractivity (Wildman–Crippen MR) is 54.7 cm³/mol. The van der Waals surface area contributed by atoms with Crippen LogP contribution in [0.3, 0.4) is 0 Å². The van der Waals surface area contributed by atoms with E-state index in [1.54, 1.807) is 0 Å². The van der Waals surface area contributed by atoms with Crippen LogP contribution in [-0.4, -0.2) is 4.57 Å². The monoisotopic (exact) mass is 173 g/mol. The molecule has 0 bridgehead atoms. The highest BCUT2D eigenvalue weighted by Crippen LogP contribution is 2.39. The van der Waals surface area contributed by atoms with Crippen molar-refractivity contribution < 1.29 is 0 Å². The van der Waals surface area contributed by atoms with Crippen molar-refractivity contribution in [2.24, 2.45) is 0 Å². The summed E-state index contributed by atoms with van der Waals surface area (Å²) < 4.78 is 2.34. The fourth-order valence-electron chi connectivity index (χ4n) is 1.79. The van der Waals surface area contributed by atoms with Gasteiger partial charge in [0.2, 0.25) is 0 Å². The molecule has 2 rings (SSSR count). The molecule has 0 aliphatic heterocycles. The van der Waals surface area contributed by atoms with E-state index < -0.39 is 0 Å². The fourth-order valence-corrected chi connectivity index (χ4v) is 1.79. The Morgan fingerprint density at radius 1 is 1.46 bits per heavy atom. The smallest absolute Gasteiger partial charge is 0.0921 e. The largest absolute Gasteiger partial charge is 0.335 e. The highest BCUT2D eigenvalue weighted by molar-refractivity contribution is 5.32. The number of terminal acetylenes is 1. The van der Waals surface area contributed by atoms with Gasteiger partial charge in [-0.15, -0.1) is 6.42 Å². The second-order valence-corrected chi connectivity index (χ2v) is 4.04. The Balaban J connectivity index is 2.46. The van der Waals surface area contributed by atoms with Crippen molar-refractivity contribution in [3.63, 3.8) is 0 Å². The van der Waals surface area contributed by atoms with E-state index in [4.69, 9.17) is 6.42 Å². The van der Waals surface area contributed by atoms with Crippen molar-refractivity contribution >= 4 is 0 Å². The summed E-state index contributed by atoms with van der Waals surface area (Å²) in [4.78, 5) is 0. The Morgan fingerprint density at radius 3 is 2.62 bits per heavy atom. The van der Waals surface area contributed by atoms with Crippen molar-refractivity contribution in [2.45, 2.75) is 38.6 Å². The molecule has 1 aliphatic carbocycles. The number of rotatable bonds is 2. The first-order valence-corrected chi connectivity index (χ1v) is 4.91. The first-order chi connectivity index (χ1) is 6.24. The van der Waals surface area contributed by atoms with Gasteiger partial charge in [0.15, 0.2) is 0 Å². The quantitative estimate of drug-likeness (QED) is 0.606. The number of hydrogen-bond acceptors (Lipinski definition) is 0. The van der Waals surface area contributed by atoms with E-state index in [0.29, 0.717) is 12.0 Å². The number of nitrogens with zero attached hydrogens (tertiary/aromatic N) is 1. The Kier molecular flexibility index (Phi) is 1.92. The van der Waals surface area contributed by atoms with Crippen LogP contribution in [0.1, 0.15) is 50.0 Å². The molecule has 1 heteroatoms. The molecule has 1 fully saturated rings. The van der Waals surface area contributed by atoms with Crippen LogP contribution in [0.5, 0.6) is 0 Å². The zero-order valence-corrected chi connectivity index (χ0v) is 8.25. The molecular formula is C12H15N. The number of aromatic nitrogens is 1. The summed E-state index contributed by atoms with van der Waals surface area (Å²) in [6.45, 7) is 4.43. The van der Waals surface area contributed by atoms with Gasteiger partial charge in [0, 0.05) is 11.7 Å². The lowest BCUT2D eigenvalue weighted by Gasteiger charge is -2.12. The molecule has 0 saturated heterocycles. The topological polar surface area (TPSA) is 4.93 Å². The molecule has 0 radical (unpaired) electrons. The molecule has 0 N–H and O–H groups in total. The van der Waals surface area contributed by atoms with E-state index in [1.807, 2.05) is 0 Å². The minimum Gasteiger partial charge on any atom is -0.335 e. The first kappa shape index (κ1) is 8.44. The summed E-state index contributed by atoms with van der Waals surface area (Å²) in [7, 11) is 0. The molecule has 1 aliphatic rings. The third-order valence-corrected chi connectivity index (χ3v) is 2.60. The van der Waals surface area contributed by atoms with E-state index in [2.05, 4.69) is 36.5 Å². The van der Waals surface area contributed by atoms with Gasteiger partial charge in [-0.25, -0.2) is 0 Å². The molecule has 0 spiro atoms. The van der Waals surface area contributed by atoms with E-state index >= 15 is 0 Å². The van der Waals surface area contributed by atoms with Crippen molar-refractivity contribution in [1.82, 2.24) is 4.57 Å². The maximum Gasteiger partial charge on any atom is 0.0921 e. The van der Waals surface area contributed by atoms with Gasteiger partial charge in [-0.1, -0.05) is 19.8 Å². The lowest BCUT2D eigenvalue weighted by Crippen LogP contribution is -2.03. The van der Waals surface area contributed by atoms with E-state index in [-0.39, 0.29) is 0 Å². The number of hydrogen-bond donors (Lipinski definition) is 0. The Bertz CT molecular complexity index is 348. The van der Waals surface area contributed by atoms with Crippen LogP contribution in [0, 0.1) is 12.3 Å². The average Bonchev–Trinajstić information content (AvgIpc) is 2.84. The molecule has 1 aromatic rings. The highest BCUT2D eigenvalue weighted by Gasteiger charge is 2.27. The van der Waals surface area contributed by atoms with E-state index in [9.17, 15) is 0 Å². The van der Waals surface area contributed by atoms with Crippen molar-refractivity contribution in [1.29, 1.82) is 0 Å². The average molecular weight is 173 g/mol. The second kappa shape index (κ2) is 2.96. The van der Waals surface area contributed by atoms with Gasteiger partial charge < -0.3 is 4.57 Å². The Morgan fingerprint density at radius 2 is 2.15 bits per heavy atom. The van der Waals surface area contributed by atoms with Gasteiger partial charge in [0.1, 0.15) is 0 Å². The van der Waals surface area contributed by atoms with Gasteiger partial charge in [0.25, 0.3) is 0 Å². The molecule has 1 heterocycles. The van der Waals surface area contributed by atoms with Crippen LogP contribution in [0.2, 0.25) is 0 Å². The maximum absolute atomic E-state index is 5.46. The van der Waals surface area contributed by atoms with Gasteiger partial charge >= 0.3 is 0 Å². The van der Waals surface area contributed by atoms with Crippen molar-refractivity contribution in [3.05, 3.63) is 23.5 Å². The van der Waals surface area contributed by atoms with Gasteiger partial charge in [0.05, 0.1) is 5.69 Å². The summed E-state index contributed by atoms with van der Waals surface area (Å²) in [5.74, 6) is 3.33. The van der Waals surface area contributed by atoms with Crippen LogP contribution >= 0.6 is 0 Å². The van der Waals surface area contributed by atoms with Crippen LogP contribution in [0.25, 0.3) is 0 Å². The van der Waals surface area contributed by atoms with Crippen molar-refractivity contribution in [2.75, 3.05) is 0 Å². The molecule has 0 atom stereocenters. The third-order valence-electron chi connectivity index (χ3n) is 2.60. The fraction of sp³-hybridized carbons (Fsp3) is 0.500. The van der Waals surface area contributed by atoms with Crippen LogP contribution < -0.4 is 0 Å². The van der Waals surface area contributed by atoms with Crippen LogP contribution in [-0.2, 0) is 0 Å². The van der Waals surface area contributed by atoms with E-state index in [1.165, 1.54) is 18.5 Å². The van der Waals surface area contributed by atoms with Gasteiger partial charge in [-0.3, -0.25) is 0 Å². The van der Waals surface area contributed by atoms with Crippen molar-refractivity contribution in [3.8, 4) is 12.3 Å². The molecule has 1 saturated carbocycles. The summed E-state index contributed by atoms with van der Waals surface area (Å²) in [6, 6.07) is 4.92. The highest BCUT2D eigenvalue weighted by atomic mass is 15.1. The molecule has 0 amide bonds. The Labute approximate surface area is 79.8 Å². The minimum atomic E-state index is 0.572. The van der Waals surface area contributed by atoms with Gasteiger partial charge in [-0.2, -0.15) is 0 Å².